The van der Waals surface area contributed by atoms with E-state index in [0.717, 1.165) is 17.2 Å². The van der Waals surface area contributed by atoms with Gasteiger partial charge in [0.05, 0.1) is 18.0 Å². The van der Waals surface area contributed by atoms with Gasteiger partial charge in [0.1, 0.15) is 23.0 Å². The monoisotopic (exact) mass is 447 g/mol. The smallest absolute Gasteiger partial charge is 0.274 e. The van der Waals surface area contributed by atoms with Gasteiger partial charge in [0.2, 0.25) is 0 Å². The molecule has 8 heteroatoms. The molecule has 0 bridgehead atoms. The van der Waals surface area contributed by atoms with Crippen molar-refractivity contribution >= 4 is 23.0 Å². The molecule has 0 aliphatic heterocycles. The number of aromatic nitrogens is 2. The summed E-state index contributed by atoms with van der Waals surface area (Å²) in [6.07, 6.45) is 2.51. The Kier molecular flexibility index (Phi) is 5.22. The molecule has 4 aromatic rings. The van der Waals surface area contributed by atoms with E-state index in [0.29, 0.717) is 6.42 Å². The molecule has 2 atom stereocenters. The van der Waals surface area contributed by atoms with Gasteiger partial charge >= 0.3 is 0 Å². The molecule has 1 aliphatic rings. The number of benzene rings is 2. The van der Waals surface area contributed by atoms with E-state index in [4.69, 9.17) is 0 Å². The first-order valence-corrected chi connectivity index (χ1v) is 10.4. The van der Waals surface area contributed by atoms with E-state index in [9.17, 15) is 23.5 Å². The Labute approximate surface area is 187 Å². The Balaban J connectivity index is 1.37. The van der Waals surface area contributed by atoms with Gasteiger partial charge in [0.15, 0.2) is 5.78 Å². The largest absolute Gasteiger partial charge is 0.392 e. The van der Waals surface area contributed by atoms with Crippen LogP contribution in [0.1, 0.15) is 44.3 Å². The summed E-state index contributed by atoms with van der Waals surface area (Å²) in [4.78, 5) is 29.6. The fourth-order valence-electron chi connectivity index (χ4n) is 4.32. The van der Waals surface area contributed by atoms with E-state index in [1.807, 2.05) is 24.3 Å². The first-order valence-electron chi connectivity index (χ1n) is 10.4. The van der Waals surface area contributed by atoms with Gasteiger partial charge in [-0.15, -0.1) is 0 Å². The van der Waals surface area contributed by atoms with Crippen molar-refractivity contribution in [2.24, 2.45) is 0 Å². The highest BCUT2D eigenvalue weighted by atomic mass is 19.1. The van der Waals surface area contributed by atoms with Crippen LogP contribution in [0.4, 0.5) is 14.5 Å². The van der Waals surface area contributed by atoms with Gasteiger partial charge in [-0.3, -0.25) is 14.0 Å². The van der Waals surface area contributed by atoms with Crippen molar-refractivity contribution in [3.63, 3.8) is 0 Å². The number of rotatable bonds is 5. The van der Waals surface area contributed by atoms with Gasteiger partial charge in [-0.1, -0.05) is 24.3 Å². The second kappa shape index (κ2) is 8.22. The number of fused-ring (bicyclic) bond motifs is 2. The van der Waals surface area contributed by atoms with E-state index in [1.165, 1.54) is 41.1 Å². The van der Waals surface area contributed by atoms with Crippen LogP contribution >= 0.6 is 0 Å². The molecule has 0 fully saturated rings. The Bertz CT molecular complexity index is 1400. The maximum Gasteiger partial charge on any atom is 0.274 e. The zero-order valence-corrected chi connectivity index (χ0v) is 17.3. The summed E-state index contributed by atoms with van der Waals surface area (Å²) < 4.78 is 29.2. The maximum atomic E-state index is 14.4. The first kappa shape index (κ1) is 21.0. The summed E-state index contributed by atoms with van der Waals surface area (Å²) in [5, 5.41) is 12.9. The number of ketones is 1. The molecule has 2 aromatic carbocycles. The minimum atomic E-state index is -0.703. The topological polar surface area (TPSA) is 83.7 Å². The molecule has 166 valence electrons. The number of hydrogen-bond acceptors (Lipinski definition) is 4. The number of nitrogens with one attached hydrogen (secondary N) is 1. The third-order valence-corrected chi connectivity index (χ3v) is 6.00. The van der Waals surface area contributed by atoms with Crippen molar-refractivity contribution in [1.82, 2.24) is 9.38 Å². The molecule has 2 aromatic heterocycles. The average molecular weight is 447 g/mol. The van der Waals surface area contributed by atoms with Crippen molar-refractivity contribution in [3.05, 3.63) is 101 Å². The molecule has 2 heterocycles. The first-order chi connectivity index (χ1) is 15.9. The Morgan fingerprint density at radius 3 is 2.79 bits per heavy atom. The molecule has 2 N–H and O–H groups in total. The SMILES string of the molecule is O=C(C[C@@H]1c2ccccc2C[C@@H]1O)c1ccc(F)c(NC(=O)c2cnc3cc(F)ccn23)c1. The molecule has 1 aliphatic carbocycles. The lowest BCUT2D eigenvalue weighted by Gasteiger charge is -2.15. The van der Waals surface area contributed by atoms with Crippen molar-refractivity contribution in [2.45, 2.75) is 24.9 Å². The van der Waals surface area contributed by atoms with Crippen LogP contribution in [-0.2, 0) is 6.42 Å². The van der Waals surface area contributed by atoms with Crippen LogP contribution in [-0.4, -0.2) is 32.3 Å². The minimum Gasteiger partial charge on any atom is -0.392 e. The second-order valence-electron chi connectivity index (χ2n) is 8.07. The average Bonchev–Trinajstić information content (AvgIpc) is 3.35. The molecular formula is C25H19F2N3O3. The van der Waals surface area contributed by atoms with E-state index in [2.05, 4.69) is 10.3 Å². The lowest BCUT2D eigenvalue weighted by atomic mass is 9.91. The van der Waals surface area contributed by atoms with Gasteiger partial charge in [-0.25, -0.2) is 13.8 Å². The van der Waals surface area contributed by atoms with Crippen molar-refractivity contribution in [2.75, 3.05) is 5.32 Å². The Morgan fingerprint density at radius 1 is 1.12 bits per heavy atom. The van der Waals surface area contributed by atoms with Crippen LogP contribution in [0.15, 0.2) is 67.0 Å². The highest BCUT2D eigenvalue weighted by Crippen LogP contribution is 2.36. The zero-order chi connectivity index (χ0) is 23.1. The van der Waals surface area contributed by atoms with E-state index < -0.39 is 23.6 Å². The fraction of sp³-hybridized carbons (Fsp3) is 0.160. The highest BCUT2D eigenvalue weighted by molar-refractivity contribution is 6.04. The number of nitrogens with zero attached hydrogens (tertiary/aromatic N) is 2. The number of halogens is 2. The number of hydrogen-bond donors (Lipinski definition) is 2. The molecule has 0 saturated carbocycles. The van der Waals surface area contributed by atoms with Crippen LogP contribution in [0.5, 0.6) is 0 Å². The quantitative estimate of drug-likeness (QED) is 0.451. The number of imidazole rings is 1. The summed E-state index contributed by atoms with van der Waals surface area (Å²) >= 11 is 0. The Morgan fingerprint density at radius 2 is 1.94 bits per heavy atom. The molecule has 0 radical (unpaired) electrons. The number of anilines is 1. The van der Waals surface area contributed by atoms with Crippen LogP contribution < -0.4 is 5.32 Å². The predicted octanol–water partition coefficient (Wildman–Crippen LogP) is 4.14. The normalized spacial score (nSPS) is 17.2. The number of carbonyl (C=O) groups is 2. The van der Waals surface area contributed by atoms with E-state index in [-0.39, 0.29) is 40.7 Å². The van der Waals surface area contributed by atoms with Crippen LogP contribution in [0.25, 0.3) is 5.65 Å². The number of pyridine rings is 1. The molecule has 6 nitrogen and oxygen atoms in total. The Hall–Kier alpha value is -3.91. The molecule has 0 saturated heterocycles. The molecule has 0 spiro atoms. The van der Waals surface area contributed by atoms with Gasteiger partial charge < -0.3 is 10.4 Å². The standard InChI is InChI=1S/C25H19F2N3O3/c26-16-7-8-30-21(13-28-24(30)11-16)25(33)29-20-9-15(5-6-19(20)27)22(31)12-18-17-4-2-1-3-14(17)10-23(18)32/h1-9,11,13,18,23,32H,10,12H2,(H,29,33)/t18-,23+/m1/s1. The summed E-state index contributed by atoms with van der Waals surface area (Å²) in [6, 6.07) is 13.7. The van der Waals surface area contributed by atoms with Crippen molar-refractivity contribution < 1.29 is 23.5 Å². The van der Waals surface area contributed by atoms with E-state index >= 15 is 0 Å². The minimum absolute atomic E-state index is 0.0655. The van der Waals surface area contributed by atoms with Crippen molar-refractivity contribution in [1.29, 1.82) is 0 Å². The van der Waals surface area contributed by atoms with Crippen LogP contribution in [0, 0.1) is 11.6 Å². The summed E-state index contributed by atoms with van der Waals surface area (Å²) in [7, 11) is 0. The summed E-state index contributed by atoms with van der Waals surface area (Å²) in [5.74, 6) is -2.46. The van der Waals surface area contributed by atoms with Gasteiger partial charge in [0.25, 0.3) is 5.91 Å². The third kappa shape index (κ3) is 3.89. The number of aliphatic hydroxyl groups is 1. The molecule has 33 heavy (non-hydrogen) atoms. The van der Waals surface area contributed by atoms with E-state index in [1.54, 1.807) is 0 Å². The molecular weight excluding hydrogens is 428 g/mol. The number of aliphatic hydroxyl groups excluding tert-OH is 1. The third-order valence-electron chi connectivity index (χ3n) is 6.00. The van der Waals surface area contributed by atoms with Gasteiger partial charge in [-0.05, 0) is 41.8 Å². The zero-order valence-electron chi connectivity index (χ0n) is 17.3. The van der Waals surface area contributed by atoms with Crippen molar-refractivity contribution in [3.8, 4) is 0 Å². The maximum absolute atomic E-state index is 14.4. The number of amides is 1. The fourth-order valence-corrected chi connectivity index (χ4v) is 4.32. The lowest BCUT2D eigenvalue weighted by Crippen LogP contribution is -2.18. The highest BCUT2D eigenvalue weighted by Gasteiger charge is 2.32. The lowest BCUT2D eigenvalue weighted by molar-refractivity contribution is 0.0920. The van der Waals surface area contributed by atoms with Crippen LogP contribution in [0.2, 0.25) is 0 Å². The summed E-state index contributed by atoms with van der Waals surface area (Å²) in [6.45, 7) is 0. The predicted molar refractivity (Wildman–Crippen MR) is 117 cm³/mol. The van der Waals surface area contributed by atoms with Gasteiger partial charge in [0, 0.05) is 30.2 Å². The molecule has 5 rings (SSSR count). The van der Waals surface area contributed by atoms with Gasteiger partial charge in [-0.2, -0.15) is 0 Å². The number of carbonyl (C=O) groups excluding carboxylic acids is 2. The number of Topliss-reactive ketones (excluding diaryl/α,β-unsaturated/α-hetero) is 1. The summed E-state index contributed by atoms with van der Waals surface area (Å²) in [5.41, 5.74) is 2.35. The van der Waals surface area contributed by atoms with Crippen LogP contribution in [0.3, 0.4) is 0 Å². The molecule has 0 unspecified atom stereocenters. The molecule has 1 amide bonds. The second-order valence-corrected chi connectivity index (χ2v) is 8.07.